The van der Waals surface area contributed by atoms with Crippen LogP contribution in [0.5, 0.6) is 5.75 Å². The van der Waals surface area contributed by atoms with E-state index in [1.54, 1.807) is 23.5 Å². The molecule has 0 aromatic heterocycles. The number of nitrogens with one attached hydrogen (secondary N) is 1. The van der Waals surface area contributed by atoms with Crippen LogP contribution in [0.4, 0.5) is 0 Å². The molecule has 0 spiro atoms. The molecule has 2 aromatic carbocycles. The number of nitrogens with zero attached hydrogens (tertiary/aromatic N) is 1. The van der Waals surface area contributed by atoms with Crippen molar-refractivity contribution in [3.63, 3.8) is 0 Å². The van der Waals surface area contributed by atoms with Crippen LogP contribution in [-0.2, 0) is 10.0 Å². The Morgan fingerprint density at radius 3 is 2.37 bits per heavy atom. The highest BCUT2D eigenvalue weighted by Gasteiger charge is 2.31. The third-order valence-electron chi connectivity index (χ3n) is 5.70. The normalized spacial score (nSPS) is 18.6. The van der Waals surface area contributed by atoms with Crippen LogP contribution in [-0.4, -0.2) is 38.3 Å². The zero-order chi connectivity index (χ0) is 21.7. The molecule has 0 saturated carbocycles. The highest BCUT2D eigenvalue weighted by Crippen LogP contribution is 2.26. The van der Waals surface area contributed by atoms with Gasteiger partial charge < -0.3 is 10.1 Å². The van der Waals surface area contributed by atoms with Crippen molar-refractivity contribution in [2.45, 2.75) is 56.5 Å². The van der Waals surface area contributed by atoms with Crippen molar-refractivity contribution in [2.24, 2.45) is 0 Å². The summed E-state index contributed by atoms with van der Waals surface area (Å²) in [5.41, 5.74) is 1.43. The van der Waals surface area contributed by atoms with Crippen LogP contribution >= 0.6 is 0 Å². The second-order valence-electron chi connectivity index (χ2n) is 7.69. The predicted octanol–water partition coefficient (Wildman–Crippen LogP) is 4.14. The molecule has 2 aromatic rings. The monoisotopic (exact) mass is 430 g/mol. The maximum atomic E-state index is 13.0. The van der Waals surface area contributed by atoms with Crippen LogP contribution in [0.15, 0.2) is 53.4 Å². The van der Waals surface area contributed by atoms with E-state index in [0.29, 0.717) is 12.1 Å². The molecule has 7 heteroatoms. The van der Waals surface area contributed by atoms with Crippen LogP contribution < -0.4 is 10.1 Å². The summed E-state index contributed by atoms with van der Waals surface area (Å²) in [6.07, 6.45) is 3.55. The minimum Gasteiger partial charge on any atom is -0.497 e. The second-order valence-corrected chi connectivity index (χ2v) is 9.58. The van der Waals surface area contributed by atoms with Gasteiger partial charge in [0.2, 0.25) is 10.0 Å². The number of carbonyl (C=O) groups excluding carboxylic acids is 1. The lowest BCUT2D eigenvalue weighted by Gasteiger charge is -2.32. The summed E-state index contributed by atoms with van der Waals surface area (Å²) in [6, 6.07) is 13.7. The van der Waals surface area contributed by atoms with Crippen molar-refractivity contribution in [1.29, 1.82) is 0 Å². The van der Waals surface area contributed by atoms with Gasteiger partial charge in [-0.05, 0) is 68.1 Å². The fourth-order valence-electron chi connectivity index (χ4n) is 3.84. The fourth-order valence-corrected chi connectivity index (χ4v) is 5.54. The van der Waals surface area contributed by atoms with Gasteiger partial charge in [0, 0.05) is 18.2 Å². The number of rotatable bonds is 7. The zero-order valence-electron chi connectivity index (χ0n) is 17.8. The summed E-state index contributed by atoms with van der Waals surface area (Å²) in [5.74, 6) is 0.535. The number of hydrogen-bond acceptors (Lipinski definition) is 4. The highest BCUT2D eigenvalue weighted by atomic mass is 32.2. The Labute approximate surface area is 179 Å². The lowest BCUT2D eigenvalue weighted by molar-refractivity contribution is 0.0935. The van der Waals surface area contributed by atoms with E-state index in [9.17, 15) is 13.2 Å². The minimum absolute atomic E-state index is 0.00142. The predicted molar refractivity (Wildman–Crippen MR) is 117 cm³/mol. The largest absolute Gasteiger partial charge is 0.497 e. The first-order valence-corrected chi connectivity index (χ1v) is 11.9. The van der Waals surface area contributed by atoms with E-state index < -0.39 is 10.0 Å². The van der Waals surface area contributed by atoms with Crippen molar-refractivity contribution in [1.82, 2.24) is 9.62 Å². The van der Waals surface area contributed by atoms with Gasteiger partial charge in [0.15, 0.2) is 0 Å². The van der Waals surface area contributed by atoms with E-state index in [1.165, 1.54) is 12.1 Å². The lowest BCUT2D eigenvalue weighted by Crippen LogP contribution is -2.41. The van der Waals surface area contributed by atoms with Gasteiger partial charge in [0.05, 0.1) is 18.0 Å². The van der Waals surface area contributed by atoms with Crippen LogP contribution in [0.3, 0.4) is 0 Å². The van der Waals surface area contributed by atoms with E-state index in [-0.39, 0.29) is 22.9 Å². The van der Waals surface area contributed by atoms with Crippen molar-refractivity contribution in [3.8, 4) is 5.75 Å². The van der Waals surface area contributed by atoms with Crippen molar-refractivity contribution >= 4 is 15.9 Å². The maximum absolute atomic E-state index is 13.0. The first-order chi connectivity index (χ1) is 14.4. The SMILES string of the molecule is CC[C@H](NC(=O)c1ccc(S(=O)(=O)N2CCCC[C@H]2C)cc1)c1ccc(OC)cc1. The summed E-state index contributed by atoms with van der Waals surface area (Å²) in [5, 5.41) is 3.03. The number of sulfonamides is 1. The molecule has 2 atom stereocenters. The Morgan fingerprint density at radius 1 is 1.13 bits per heavy atom. The number of amides is 1. The molecule has 0 bridgehead atoms. The Hall–Kier alpha value is -2.38. The molecule has 0 unspecified atom stereocenters. The van der Waals surface area contributed by atoms with Gasteiger partial charge in [-0.15, -0.1) is 0 Å². The van der Waals surface area contributed by atoms with E-state index in [0.717, 1.165) is 37.0 Å². The van der Waals surface area contributed by atoms with Crippen LogP contribution in [0.25, 0.3) is 0 Å². The Kier molecular flexibility index (Phi) is 7.15. The summed E-state index contributed by atoms with van der Waals surface area (Å²) < 4.78 is 32.7. The summed E-state index contributed by atoms with van der Waals surface area (Å²) in [6.45, 7) is 4.50. The third kappa shape index (κ3) is 4.84. The van der Waals surface area contributed by atoms with E-state index >= 15 is 0 Å². The molecule has 1 N–H and O–H groups in total. The molecule has 1 aliphatic rings. The summed E-state index contributed by atoms with van der Waals surface area (Å²) >= 11 is 0. The molecule has 30 heavy (non-hydrogen) atoms. The number of benzene rings is 2. The van der Waals surface area contributed by atoms with Gasteiger partial charge in [0.25, 0.3) is 5.91 Å². The molecule has 1 saturated heterocycles. The van der Waals surface area contributed by atoms with Crippen LogP contribution in [0.1, 0.15) is 61.5 Å². The topological polar surface area (TPSA) is 75.7 Å². The molecular formula is C23H30N2O4S. The summed E-state index contributed by atoms with van der Waals surface area (Å²) in [7, 11) is -1.93. The van der Waals surface area contributed by atoms with Gasteiger partial charge in [-0.3, -0.25) is 4.79 Å². The molecule has 0 radical (unpaired) electrons. The Balaban J connectivity index is 1.72. The molecule has 6 nitrogen and oxygen atoms in total. The van der Waals surface area contributed by atoms with Gasteiger partial charge in [0.1, 0.15) is 5.75 Å². The summed E-state index contributed by atoms with van der Waals surface area (Å²) in [4.78, 5) is 13.0. The first kappa shape index (κ1) is 22.3. The Morgan fingerprint density at radius 2 is 1.80 bits per heavy atom. The van der Waals surface area contributed by atoms with Crippen molar-refractivity contribution in [3.05, 3.63) is 59.7 Å². The third-order valence-corrected chi connectivity index (χ3v) is 7.72. The molecule has 1 aliphatic heterocycles. The lowest BCUT2D eigenvalue weighted by atomic mass is 10.0. The zero-order valence-corrected chi connectivity index (χ0v) is 18.6. The fraction of sp³-hybridized carbons (Fsp3) is 0.435. The quantitative estimate of drug-likeness (QED) is 0.716. The molecule has 1 amide bonds. The molecule has 1 heterocycles. The number of carbonyl (C=O) groups is 1. The van der Waals surface area contributed by atoms with E-state index in [1.807, 2.05) is 38.1 Å². The average Bonchev–Trinajstić information content (AvgIpc) is 2.77. The average molecular weight is 431 g/mol. The van der Waals surface area contributed by atoms with Crippen LogP contribution in [0.2, 0.25) is 0 Å². The molecule has 162 valence electrons. The first-order valence-electron chi connectivity index (χ1n) is 10.4. The molecule has 0 aliphatic carbocycles. The Bertz CT molecular complexity index is 956. The molecular weight excluding hydrogens is 400 g/mol. The number of methoxy groups -OCH3 is 1. The number of piperidine rings is 1. The van der Waals surface area contributed by atoms with Crippen molar-refractivity contribution in [2.75, 3.05) is 13.7 Å². The van der Waals surface area contributed by atoms with Gasteiger partial charge in [-0.2, -0.15) is 4.31 Å². The van der Waals surface area contributed by atoms with Gasteiger partial charge in [-0.25, -0.2) is 8.42 Å². The molecule has 1 fully saturated rings. The number of ether oxygens (including phenoxy) is 1. The van der Waals surface area contributed by atoms with E-state index in [2.05, 4.69) is 5.32 Å². The highest BCUT2D eigenvalue weighted by molar-refractivity contribution is 7.89. The minimum atomic E-state index is -3.54. The van der Waals surface area contributed by atoms with Crippen LogP contribution in [0, 0.1) is 0 Å². The van der Waals surface area contributed by atoms with E-state index in [4.69, 9.17) is 4.74 Å². The van der Waals surface area contributed by atoms with Gasteiger partial charge >= 0.3 is 0 Å². The van der Waals surface area contributed by atoms with Crippen molar-refractivity contribution < 1.29 is 17.9 Å². The van der Waals surface area contributed by atoms with Gasteiger partial charge in [-0.1, -0.05) is 25.5 Å². The smallest absolute Gasteiger partial charge is 0.251 e. The maximum Gasteiger partial charge on any atom is 0.251 e. The second kappa shape index (κ2) is 9.62. The standard InChI is InChI=1S/C23H30N2O4S/c1-4-22(18-8-12-20(29-3)13-9-18)24-23(26)19-10-14-21(15-11-19)30(27,28)25-16-6-5-7-17(25)2/h8-15,17,22H,4-7,16H2,1-3H3,(H,24,26)/t17-,22+/m1/s1. The number of hydrogen-bond donors (Lipinski definition) is 1. The molecule has 3 rings (SSSR count).